The maximum absolute atomic E-state index is 11.9. The van der Waals surface area contributed by atoms with E-state index in [9.17, 15) is 4.79 Å². The van der Waals surface area contributed by atoms with E-state index >= 15 is 0 Å². The minimum Gasteiger partial charge on any atom is -0.343 e. The molecule has 1 amide bonds. The van der Waals surface area contributed by atoms with Crippen LogP contribution in [0.2, 0.25) is 5.02 Å². The van der Waals surface area contributed by atoms with Crippen LogP contribution < -0.4 is 5.32 Å². The van der Waals surface area contributed by atoms with Crippen molar-refractivity contribution in [2.75, 3.05) is 19.6 Å². The van der Waals surface area contributed by atoms with Gasteiger partial charge in [0.2, 0.25) is 5.91 Å². The van der Waals surface area contributed by atoms with Crippen molar-refractivity contribution in [2.45, 2.75) is 32.2 Å². The highest BCUT2D eigenvalue weighted by molar-refractivity contribution is 6.31. The fourth-order valence-corrected chi connectivity index (χ4v) is 2.76. The molecule has 0 spiro atoms. The van der Waals surface area contributed by atoms with Crippen LogP contribution in [0.1, 0.15) is 37.8 Å². The summed E-state index contributed by atoms with van der Waals surface area (Å²) in [5.74, 6) is 0.261. The van der Waals surface area contributed by atoms with Crippen LogP contribution in [-0.4, -0.2) is 30.4 Å². The molecule has 1 aromatic carbocycles. The average molecular weight is 281 g/mol. The predicted molar refractivity (Wildman–Crippen MR) is 78.3 cm³/mol. The number of carbonyl (C=O) groups is 1. The summed E-state index contributed by atoms with van der Waals surface area (Å²) in [6.45, 7) is 4.63. The van der Waals surface area contributed by atoms with Crippen molar-refractivity contribution in [3.05, 3.63) is 34.9 Å². The Kier molecular flexibility index (Phi) is 5.23. The molecule has 4 heteroatoms. The van der Waals surface area contributed by atoms with E-state index in [0.717, 1.165) is 36.5 Å². The van der Waals surface area contributed by atoms with Crippen molar-refractivity contribution in [3.8, 4) is 0 Å². The first-order chi connectivity index (χ1) is 9.18. The Morgan fingerprint density at radius 3 is 2.74 bits per heavy atom. The van der Waals surface area contributed by atoms with Crippen molar-refractivity contribution in [1.29, 1.82) is 0 Å². The van der Waals surface area contributed by atoms with E-state index in [1.54, 1.807) is 0 Å². The number of rotatable bonds is 5. The van der Waals surface area contributed by atoms with E-state index in [0.29, 0.717) is 13.0 Å². The first-order valence-electron chi connectivity index (χ1n) is 6.94. The van der Waals surface area contributed by atoms with Crippen molar-refractivity contribution in [1.82, 2.24) is 10.2 Å². The molecule has 1 saturated heterocycles. The van der Waals surface area contributed by atoms with Gasteiger partial charge in [0.15, 0.2) is 0 Å². The highest BCUT2D eigenvalue weighted by atomic mass is 35.5. The van der Waals surface area contributed by atoms with Crippen LogP contribution in [0.3, 0.4) is 0 Å². The van der Waals surface area contributed by atoms with E-state index in [1.807, 2.05) is 29.2 Å². The number of hydrogen-bond donors (Lipinski definition) is 1. The van der Waals surface area contributed by atoms with Crippen LogP contribution in [0, 0.1) is 0 Å². The summed E-state index contributed by atoms with van der Waals surface area (Å²) >= 11 is 6.15. The van der Waals surface area contributed by atoms with Gasteiger partial charge in [-0.25, -0.2) is 0 Å². The minimum absolute atomic E-state index is 0.167. The molecule has 104 valence electrons. The number of nitrogens with one attached hydrogen (secondary N) is 1. The lowest BCUT2D eigenvalue weighted by molar-refractivity contribution is -0.130. The number of halogens is 1. The smallest absolute Gasteiger partial charge is 0.223 e. The van der Waals surface area contributed by atoms with Gasteiger partial charge in [0.25, 0.3) is 0 Å². The summed E-state index contributed by atoms with van der Waals surface area (Å²) in [5, 5.41) is 4.13. The van der Waals surface area contributed by atoms with Crippen LogP contribution in [-0.2, 0) is 4.79 Å². The Balaban J connectivity index is 1.76. The summed E-state index contributed by atoms with van der Waals surface area (Å²) in [4.78, 5) is 13.9. The molecule has 3 nitrogen and oxygen atoms in total. The molecule has 1 aliphatic heterocycles. The first-order valence-corrected chi connectivity index (χ1v) is 7.32. The normalized spacial score (nSPS) is 16.6. The van der Waals surface area contributed by atoms with Crippen molar-refractivity contribution in [2.24, 2.45) is 0 Å². The molecule has 0 radical (unpaired) electrons. The lowest BCUT2D eigenvalue weighted by Gasteiger charge is -2.18. The fraction of sp³-hybridized carbons (Fsp3) is 0.533. The maximum atomic E-state index is 11.9. The molecule has 0 aromatic heterocycles. The molecule has 1 aliphatic rings. The highest BCUT2D eigenvalue weighted by Crippen LogP contribution is 2.22. The van der Waals surface area contributed by atoms with Crippen molar-refractivity contribution in [3.63, 3.8) is 0 Å². The Bertz CT molecular complexity index is 430. The number of nitrogens with zero attached hydrogens (tertiary/aromatic N) is 1. The topological polar surface area (TPSA) is 32.3 Å². The number of carbonyl (C=O) groups excluding carboxylic acids is 1. The van der Waals surface area contributed by atoms with Crippen molar-refractivity contribution < 1.29 is 4.79 Å². The minimum atomic E-state index is 0.167. The summed E-state index contributed by atoms with van der Waals surface area (Å²) in [7, 11) is 0. The third-order valence-electron chi connectivity index (χ3n) is 3.62. The van der Waals surface area contributed by atoms with Crippen LogP contribution >= 0.6 is 11.6 Å². The third kappa shape index (κ3) is 3.95. The molecule has 0 aliphatic carbocycles. The van der Waals surface area contributed by atoms with Crippen molar-refractivity contribution >= 4 is 17.5 Å². The molecule has 1 fully saturated rings. The monoisotopic (exact) mass is 280 g/mol. The SMILES string of the molecule is CC(NCCC(=O)N1CCCC1)c1ccccc1Cl. The zero-order valence-corrected chi connectivity index (χ0v) is 12.1. The van der Waals surface area contributed by atoms with Gasteiger partial charge < -0.3 is 10.2 Å². The summed E-state index contributed by atoms with van der Waals surface area (Å²) in [6, 6.07) is 7.98. The van der Waals surface area contributed by atoms with Crippen LogP contribution in [0.25, 0.3) is 0 Å². The number of benzene rings is 1. The van der Waals surface area contributed by atoms with E-state index in [2.05, 4.69) is 12.2 Å². The Morgan fingerprint density at radius 1 is 1.37 bits per heavy atom. The Hall–Kier alpha value is -1.06. The van der Waals surface area contributed by atoms with Gasteiger partial charge in [-0.2, -0.15) is 0 Å². The van der Waals surface area contributed by atoms with Gasteiger partial charge in [0.05, 0.1) is 0 Å². The summed E-state index contributed by atoms with van der Waals surface area (Å²) in [5.41, 5.74) is 1.08. The van der Waals surface area contributed by atoms with E-state index < -0.39 is 0 Å². The molecule has 0 saturated carbocycles. The van der Waals surface area contributed by atoms with E-state index in [-0.39, 0.29) is 11.9 Å². The van der Waals surface area contributed by atoms with Crippen LogP contribution in [0.15, 0.2) is 24.3 Å². The molecule has 1 atom stereocenters. The maximum Gasteiger partial charge on any atom is 0.223 e. The van der Waals surface area contributed by atoms with Gasteiger partial charge >= 0.3 is 0 Å². The van der Waals surface area contributed by atoms with Gasteiger partial charge in [-0.3, -0.25) is 4.79 Å². The van der Waals surface area contributed by atoms with Crippen LogP contribution in [0.5, 0.6) is 0 Å². The van der Waals surface area contributed by atoms with Gasteiger partial charge in [0.1, 0.15) is 0 Å². The van der Waals surface area contributed by atoms with Crippen LogP contribution in [0.4, 0.5) is 0 Å². The first kappa shape index (κ1) is 14.4. The standard InChI is InChI=1S/C15H21ClN2O/c1-12(13-6-2-3-7-14(13)16)17-9-8-15(19)18-10-4-5-11-18/h2-3,6-7,12,17H,4-5,8-11H2,1H3. The third-order valence-corrected chi connectivity index (χ3v) is 3.96. The quantitative estimate of drug-likeness (QED) is 0.899. The molecule has 19 heavy (non-hydrogen) atoms. The second-order valence-electron chi connectivity index (χ2n) is 5.04. The molecule has 1 N–H and O–H groups in total. The van der Waals surface area contributed by atoms with Gasteiger partial charge in [0, 0.05) is 37.1 Å². The number of hydrogen-bond acceptors (Lipinski definition) is 2. The summed E-state index contributed by atoms with van der Waals surface area (Å²) in [6.07, 6.45) is 2.86. The fourth-order valence-electron chi connectivity index (χ4n) is 2.46. The summed E-state index contributed by atoms with van der Waals surface area (Å²) < 4.78 is 0. The lowest BCUT2D eigenvalue weighted by Crippen LogP contribution is -2.31. The van der Waals surface area contributed by atoms with Gasteiger partial charge in [-0.15, -0.1) is 0 Å². The molecule has 2 rings (SSSR count). The molecule has 0 bridgehead atoms. The highest BCUT2D eigenvalue weighted by Gasteiger charge is 2.17. The molecular formula is C15H21ClN2O. The number of amides is 1. The van der Waals surface area contributed by atoms with Gasteiger partial charge in [-0.1, -0.05) is 29.8 Å². The molecule has 1 aromatic rings. The molecular weight excluding hydrogens is 260 g/mol. The zero-order chi connectivity index (χ0) is 13.7. The number of likely N-dealkylation sites (tertiary alicyclic amines) is 1. The zero-order valence-electron chi connectivity index (χ0n) is 11.4. The Morgan fingerprint density at radius 2 is 2.05 bits per heavy atom. The lowest BCUT2D eigenvalue weighted by atomic mass is 10.1. The van der Waals surface area contributed by atoms with E-state index in [4.69, 9.17) is 11.6 Å². The Labute approximate surface area is 119 Å². The second-order valence-corrected chi connectivity index (χ2v) is 5.44. The predicted octanol–water partition coefficient (Wildman–Crippen LogP) is 3.00. The molecule has 1 heterocycles. The van der Waals surface area contributed by atoms with Gasteiger partial charge in [-0.05, 0) is 31.4 Å². The largest absolute Gasteiger partial charge is 0.343 e. The second kappa shape index (κ2) is 6.92. The average Bonchev–Trinajstić information content (AvgIpc) is 2.93. The van der Waals surface area contributed by atoms with E-state index in [1.165, 1.54) is 0 Å². The molecule has 1 unspecified atom stereocenters.